The highest BCUT2D eigenvalue weighted by Gasteiger charge is 2.21. The molecule has 5 heteroatoms. The maximum Gasteiger partial charge on any atom is 0.337 e. The maximum absolute atomic E-state index is 11.5. The van der Waals surface area contributed by atoms with E-state index in [0.717, 1.165) is 45.9 Å². The Morgan fingerprint density at radius 2 is 1.88 bits per heavy atom. The minimum Gasteiger partial charge on any atom is -0.465 e. The summed E-state index contributed by atoms with van der Waals surface area (Å²) in [5, 5.41) is 0. The normalized spacial score (nSPS) is 23.1. The zero-order valence-corrected chi connectivity index (χ0v) is 14.6. The van der Waals surface area contributed by atoms with Gasteiger partial charge in [-0.15, -0.1) is 0 Å². The van der Waals surface area contributed by atoms with Gasteiger partial charge in [0.15, 0.2) is 0 Å². The Balaban J connectivity index is 1.48. The molecule has 3 rings (SSSR count). The van der Waals surface area contributed by atoms with E-state index in [9.17, 15) is 4.79 Å². The number of benzene rings is 1. The Bertz CT molecular complexity index is 526. The zero-order valence-electron chi connectivity index (χ0n) is 14.6. The molecule has 132 valence electrons. The van der Waals surface area contributed by atoms with Crippen molar-refractivity contribution in [1.29, 1.82) is 0 Å². The van der Waals surface area contributed by atoms with Gasteiger partial charge >= 0.3 is 5.97 Å². The van der Waals surface area contributed by atoms with Crippen LogP contribution in [0.1, 0.15) is 35.2 Å². The number of carbonyl (C=O) groups is 1. The molecule has 1 atom stereocenters. The molecule has 2 aliphatic rings. The van der Waals surface area contributed by atoms with Gasteiger partial charge < -0.3 is 9.47 Å². The summed E-state index contributed by atoms with van der Waals surface area (Å²) in [6.45, 7) is 7.45. The van der Waals surface area contributed by atoms with Crippen molar-refractivity contribution >= 4 is 5.97 Å². The minimum atomic E-state index is -0.277. The lowest BCUT2D eigenvalue weighted by atomic mass is 10.1. The minimum absolute atomic E-state index is 0.277. The summed E-state index contributed by atoms with van der Waals surface area (Å²) in [7, 11) is 1.41. The van der Waals surface area contributed by atoms with Gasteiger partial charge in [-0.3, -0.25) is 9.80 Å². The van der Waals surface area contributed by atoms with Crippen LogP contribution < -0.4 is 0 Å². The molecule has 0 radical (unpaired) electrons. The lowest BCUT2D eigenvalue weighted by Gasteiger charge is -2.24. The second-order valence-corrected chi connectivity index (χ2v) is 6.75. The first-order chi connectivity index (χ1) is 11.7. The molecule has 0 spiro atoms. The summed E-state index contributed by atoms with van der Waals surface area (Å²) in [5.74, 6) is -0.277. The van der Waals surface area contributed by atoms with Gasteiger partial charge in [0.2, 0.25) is 0 Å². The Kier molecular flexibility index (Phi) is 6.24. The number of ether oxygens (including phenoxy) is 2. The first kappa shape index (κ1) is 17.4. The van der Waals surface area contributed by atoms with E-state index in [1.54, 1.807) is 0 Å². The van der Waals surface area contributed by atoms with E-state index in [2.05, 4.69) is 9.80 Å². The number of hydrogen-bond acceptors (Lipinski definition) is 5. The third-order valence-electron chi connectivity index (χ3n) is 4.95. The van der Waals surface area contributed by atoms with E-state index in [1.165, 1.54) is 31.9 Å². The number of esters is 1. The van der Waals surface area contributed by atoms with Gasteiger partial charge in [0.1, 0.15) is 0 Å². The first-order valence-electron chi connectivity index (χ1n) is 8.98. The van der Waals surface area contributed by atoms with Gasteiger partial charge in [-0.2, -0.15) is 0 Å². The highest BCUT2D eigenvalue weighted by molar-refractivity contribution is 5.89. The Morgan fingerprint density at radius 3 is 2.58 bits per heavy atom. The van der Waals surface area contributed by atoms with E-state index in [4.69, 9.17) is 9.47 Å². The highest BCUT2D eigenvalue weighted by Crippen LogP contribution is 2.15. The molecule has 1 aromatic rings. The van der Waals surface area contributed by atoms with Gasteiger partial charge in [0, 0.05) is 32.8 Å². The first-order valence-corrected chi connectivity index (χ1v) is 8.98. The van der Waals surface area contributed by atoms with Crippen LogP contribution in [-0.4, -0.2) is 68.3 Å². The van der Waals surface area contributed by atoms with Crippen molar-refractivity contribution in [3.05, 3.63) is 35.4 Å². The smallest absolute Gasteiger partial charge is 0.337 e. The van der Waals surface area contributed by atoms with Crippen molar-refractivity contribution in [3.63, 3.8) is 0 Å². The summed E-state index contributed by atoms with van der Waals surface area (Å²) >= 11 is 0. The van der Waals surface area contributed by atoms with Crippen LogP contribution in [0.5, 0.6) is 0 Å². The largest absolute Gasteiger partial charge is 0.465 e. The fraction of sp³-hybridized carbons (Fsp3) is 0.632. The molecule has 0 bridgehead atoms. The fourth-order valence-corrected chi connectivity index (χ4v) is 3.56. The predicted octanol–water partition coefficient (Wildman–Crippen LogP) is 2.16. The SMILES string of the molecule is COC(=O)c1ccc(CN2CCCN(C[C@@H]3CCCO3)CC2)cc1. The predicted molar refractivity (Wildman–Crippen MR) is 93.1 cm³/mol. The van der Waals surface area contributed by atoms with Crippen LogP contribution in [0.4, 0.5) is 0 Å². The van der Waals surface area contributed by atoms with Crippen LogP contribution in [-0.2, 0) is 16.0 Å². The highest BCUT2D eigenvalue weighted by atomic mass is 16.5. The van der Waals surface area contributed by atoms with Gasteiger partial charge in [-0.05, 0) is 50.0 Å². The molecule has 0 amide bonds. The molecular formula is C19H28N2O3. The lowest BCUT2D eigenvalue weighted by Crippen LogP contribution is -2.35. The average Bonchev–Trinajstić information content (AvgIpc) is 3.02. The van der Waals surface area contributed by atoms with Gasteiger partial charge in [-0.25, -0.2) is 4.79 Å². The van der Waals surface area contributed by atoms with Crippen LogP contribution >= 0.6 is 0 Å². The molecule has 5 nitrogen and oxygen atoms in total. The maximum atomic E-state index is 11.5. The fourth-order valence-electron chi connectivity index (χ4n) is 3.56. The van der Waals surface area contributed by atoms with E-state index in [1.807, 2.05) is 24.3 Å². The van der Waals surface area contributed by atoms with Crippen molar-refractivity contribution in [2.24, 2.45) is 0 Å². The summed E-state index contributed by atoms with van der Waals surface area (Å²) in [6.07, 6.45) is 4.08. The Hall–Kier alpha value is -1.43. The molecule has 1 aromatic carbocycles. The van der Waals surface area contributed by atoms with Crippen molar-refractivity contribution in [2.45, 2.75) is 31.9 Å². The van der Waals surface area contributed by atoms with E-state index in [-0.39, 0.29) is 5.97 Å². The number of methoxy groups -OCH3 is 1. The van der Waals surface area contributed by atoms with E-state index < -0.39 is 0 Å². The van der Waals surface area contributed by atoms with E-state index in [0.29, 0.717) is 11.7 Å². The van der Waals surface area contributed by atoms with Crippen molar-refractivity contribution < 1.29 is 14.3 Å². The van der Waals surface area contributed by atoms with Crippen LogP contribution in [0.25, 0.3) is 0 Å². The van der Waals surface area contributed by atoms with Crippen LogP contribution in [0.3, 0.4) is 0 Å². The monoisotopic (exact) mass is 332 g/mol. The summed E-state index contributed by atoms with van der Waals surface area (Å²) < 4.78 is 10.5. The molecule has 2 fully saturated rings. The number of nitrogens with zero attached hydrogens (tertiary/aromatic N) is 2. The van der Waals surface area contributed by atoms with E-state index >= 15 is 0 Å². The number of hydrogen-bond donors (Lipinski definition) is 0. The topological polar surface area (TPSA) is 42.0 Å². The van der Waals surface area contributed by atoms with Gasteiger partial charge in [-0.1, -0.05) is 12.1 Å². The van der Waals surface area contributed by atoms with Gasteiger partial charge in [0.25, 0.3) is 0 Å². The molecule has 0 aliphatic carbocycles. The van der Waals surface area contributed by atoms with Crippen LogP contribution in [0, 0.1) is 0 Å². The van der Waals surface area contributed by atoms with Crippen LogP contribution in [0.2, 0.25) is 0 Å². The second-order valence-electron chi connectivity index (χ2n) is 6.75. The molecule has 0 N–H and O–H groups in total. The molecule has 2 aliphatic heterocycles. The van der Waals surface area contributed by atoms with Crippen molar-refractivity contribution in [2.75, 3.05) is 46.4 Å². The molecule has 0 unspecified atom stereocenters. The molecule has 0 aromatic heterocycles. The summed E-state index contributed by atoms with van der Waals surface area (Å²) in [5.41, 5.74) is 1.86. The molecule has 2 heterocycles. The number of rotatable bonds is 5. The van der Waals surface area contributed by atoms with Gasteiger partial charge in [0.05, 0.1) is 18.8 Å². The summed E-state index contributed by atoms with van der Waals surface area (Å²) in [4.78, 5) is 16.5. The standard InChI is InChI=1S/C19H28N2O3/c1-23-19(22)17-7-5-16(6-8-17)14-20-9-3-10-21(12-11-20)15-18-4-2-13-24-18/h5-8,18H,2-4,9-15H2,1H3/t18-/m0/s1. The average molecular weight is 332 g/mol. The quantitative estimate of drug-likeness (QED) is 0.773. The molecular weight excluding hydrogens is 304 g/mol. The van der Waals surface area contributed by atoms with Crippen LogP contribution in [0.15, 0.2) is 24.3 Å². The summed E-state index contributed by atoms with van der Waals surface area (Å²) in [6, 6.07) is 7.76. The Morgan fingerprint density at radius 1 is 1.12 bits per heavy atom. The third kappa shape index (κ3) is 4.79. The molecule has 24 heavy (non-hydrogen) atoms. The Labute approximate surface area is 144 Å². The third-order valence-corrected chi connectivity index (χ3v) is 4.95. The number of carbonyl (C=O) groups excluding carboxylic acids is 1. The van der Waals surface area contributed by atoms with Crippen molar-refractivity contribution in [1.82, 2.24) is 9.80 Å². The van der Waals surface area contributed by atoms with Crippen molar-refractivity contribution in [3.8, 4) is 0 Å². The molecule has 0 saturated carbocycles. The zero-order chi connectivity index (χ0) is 16.8. The molecule has 2 saturated heterocycles. The lowest BCUT2D eigenvalue weighted by molar-refractivity contribution is 0.0600. The second kappa shape index (κ2) is 8.60.